The van der Waals surface area contributed by atoms with Crippen LogP contribution in [0.3, 0.4) is 0 Å². The molecule has 1 amide bonds. The molecule has 0 saturated heterocycles. The molecule has 0 saturated carbocycles. The number of H-pyrrole nitrogens is 1. The minimum Gasteiger partial charge on any atom is -0.321 e. The molecule has 4 aromatic rings. The van der Waals surface area contributed by atoms with Crippen molar-refractivity contribution in [1.82, 2.24) is 20.2 Å². The number of carbonyl (C=O) groups excluding carboxylic acids is 1. The number of nitriles is 1. The summed E-state index contributed by atoms with van der Waals surface area (Å²) < 4.78 is 0. The first kappa shape index (κ1) is 16.4. The maximum Gasteiger partial charge on any atom is 0.274 e. The smallest absolute Gasteiger partial charge is 0.274 e. The zero-order valence-electron chi connectivity index (χ0n) is 14.4. The average molecular weight is 354 g/mol. The summed E-state index contributed by atoms with van der Waals surface area (Å²) in [7, 11) is 0. The summed E-state index contributed by atoms with van der Waals surface area (Å²) in [6.07, 6.45) is 4.84. The number of aryl methyl sites for hydroxylation is 1. The molecule has 0 aliphatic rings. The number of hydrogen-bond acceptors (Lipinski definition) is 5. The van der Waals surface area contributed by atoms with Crippen molar-refractivity contribution in [2.75, 3.05) is 5.32 Å². The predicted molar refractivity (Wildman–Crippen MR) is 101 cm³/mol. The molecule has 3 aromatic heterocycles. The number of rotatable bonds is 3. The van der Waals surface area contributed by atoms with E-state index in [1.54, 1.807) is 31.5 Å². The van der Waals surface area contributed by atoms with Crippen molar-refractivity contribution in [2.45, 2.75) is 6.92 Å². The minimum absolute atomic E-state index is 0.286. The number of nitrogens with one attached hydrogen (secondary N) is 2. The van der Waals surface area contributed by atoms with E-state index in [4.69, 9.17) is 5.26 Å². The fourth-order valence-electron chi connectivity index (χ4n) is 2.88. The van der Waals surface area contributed by atoms with Crippen LogP contribution in [-0.2, 0) is 0 Å². The Hall–Kier alpha value is -4.05. The van der Waals surface area contributed by atoms with Gasteiger partial charge in [-0.15, -0.1) is 0 Å². The lowest BCUT2D eigenvalue weighted by Crippen LogP contribution is -2.15. The van der Waals surface area contributed by atoms with E-state index >= 15 is 0 Å². The zero-order valence-corrected chi connectivity index (χ0v) is 14.4. The summed E-state index contributed by atoms with van der Waals surface area (Å²) in [6, 6.07) is 12.9. The number of anilines is 1. The van der Waals surface area contributed by atoms with E-state index in [1.807, 2.05) is 30.3 Å². The molecule has 0 fully saturated rings. The third-order valence-corrected chi connectivity index (χ3v) is 4.18. The number of benzene rings is 1. The molecule has 7 nitrogen and oxygen atoms in total. The maximum atomic E-state index is 12.6. The summed E-state index contributed by atoms with van der Waals surface area (Å²) in [5.74, 6) is -0.331. The van der Waals surface area contributed by atoms with Crippen LogP contribution in [0.25, 0.3) is 22.2 Å². The van der Waals surface area contributed by atoms with Gasteiger partial charge in [-0.25, -0.2) is 4.98 Å². The van der Waals surface area contributed by atoms with Crippen molar-refractivity contribution >= 4 is 22.5 Å². The molecule has 1 aromatic carbocycles. The third kappa shape index (κ3) is 3.12. The van der Waals surface area contributed by atoms with E-state index in [0.717, 1.165) is 22.2 Å². The predicted octanol–water partition coefficient (Wildman–Crippen LogP) is 3.45. The monoisotopic (exact) mass is 354 g/mol. The molecule has 3 heterocycles. The highest BCUT2D eigenvalue weighted by Gasteiger charge is 2.14. The van der Waals surface area contributed by atoms with Crippen LogP contribution in [0.2, 0.25) is 0 Å². The zero-order chi connectivity index (χ0) is 18.8. The van der Waals surface area contributed by atoms with Crippen LogP contribution < -0.4 is 5.32 Å². The molecule has 0 radical (unpaired) electrons. The SMILES string of the molecule is Cc1cc(C#N)cnc1C(=O)Nc1ccc2[nH]nc(-c3cccnc3)c2c1. The number of hydrogen-bond donors (Lipinski definition) is 2. The summed E-state index contributed by atoms with van der Waals surface area (Å²) >= 11 is 0. The largest absolute Gasteiger partial charge is 0.321 e. The van der Waals surface area contributed by atoms with Crippen molar-refractivity contribution < 1.29 is 4.79 Å². The minimum atomic E-state index is -0.331. The fraction of sp³-hybridized carbons (Fsp3) is 0.0500. The summed E-state index contributed by atoms with van der Waals surface area (Å²) in [4.78, 5) is 20.8. The van der Waals surface area contributed by atoms with E-state index in [-0.39, 0.29) is 11.6 Å². The second-order valence-corrected chi connectivity index (χ2v) is 6.03. The molecule has 0 aliphatic heterocycles. The van der Waals surface area contributed by atoms with Gasteiger partial charge >= 0.3 is 0 Å². The summed E-state index contributed by atoms with van der Waals surface area (Å²) in [5.41, 5.74) is 4.49. The molecule has 4 rings (SSSR count). The first-order chi connectivity index (χ1) is 13.2. The van der Waals surface area contributed by atoms with Crippen molar-refractivity contribution in [3.63, 3.8) is 0 Å². The number of aromatic nitrogens is 4. The van der Waals surface area contributed by atoms with Gasteiger partial charge in [0.1, 0.15) is 17.5 Å². The summed E-state index contributed by atoms with van der Waals surface area (Å²) in [5, 5.41) is 20.0. The van der Waals surface area contributed by atoms with Gasteiger partial charge in [0.05, 0.1) is 11.1 Å². The van der Waals surface area contributed by atoms with Crippen LogP contribution >= 0.6 is 0 Å². The molecule has 2 N–H and O–H groups in total. The Bertz CT molecular complexity index is 1190. The Morgan fingerprint density at radius 1 is 1.22 bits per heavy atom. The Morgan fingerprint density at radius 2 is 2.11 bits per heavy atom. The molecular weight excluding hydrogens is 340 g/mol. The Morgan fingerprint density at radius 3 is 2.85 bits per heavy atom. The van der Waals surface area contributed by atoms with Crippen LogP contribution in [0.1, 0.15) is 21.6 Å². The molecule has 27 heavy (non-hydrogen) atoms. The van der Waals surface area contributed by atoms with E-state index < -0.39 is 0 Å². The fourth-order valence-corrected chi connectivity index (χ4v) is 2.88. The van der Waals surface area contributed by atoms with Crippen molar-refractivity contribution in [3.8, 4) is 17.3 Å². The lowest BCUT2D eigenvalue weighted by atomic mass is 10.1. The summed E-state index contributed by atoms with van der Waals surface area (Å²) in [6.45, 7) is 1.75. The van der Waals surface area contributed by atoms with Gasteiger partial charge in [0.25, 0.3) is 5.91 Å². The van der Waals surface area contributed by atoms with E-state index in [2.05, 4.69) is 25.5 Å². The van der Waals surface area contributed by atoms with Crippen molar-refractivity contribution in [1.29, 1.82) is 5.26 Å². The standard InChI is InChI=1S/C20H14N6O/c1-12-7-13(9-21)10-23-18(12)20(27)24-15-4-5-17-16(8-15)19(26-25-17)14-3-2-6-22-11-14/h2-8,10-11H,1H3,(H,24,27)(H,25,26). The normalized spacial score (nSPS) is 10.5. The molecule has 0 atom stereocenters. The molecule has 0 spiro atoms. The lowest BCUT2D eigenvalue weighted by molar-refractivity contribution is 0.102. The van der Waals surface area contributed by atoms with Gasteiger partial charge in [-0.05, 0) is 48.9 Å². The Labute approximate surface area is 154 Å². The first-order valence-electron chi connectivity index (χ1n) is 8.22. The Kier molecular flexibility index (Phi) is 4.07. The van der Waals surface area contributed by atoms with E-state index in [0.29, 0.717) is 16.8 Å². The number of fused-ring (bicyclic) bond motifs is 1. The number of pyridine rings is 2. The maximum absolute atomic E-state index is 12.6. The molecule has 0 bridgehead atoms. The number of carbonyl (C=O) groups is 1. The molecule has 7 heteroatoms. The molecule has 130 valence electrons. The van der Waals surface area contributed by atoms with Gasteiger partial charge in [0.15, 0.2) is 0 Å². The molecular formula is C20H14N6O. The van der Waals surface area contributed by atoms with Gasteiger partial charge < -0.3 is 5.32 Å². The Balaban J connectivity index is 1.67. The lowest BCUT2D eigenvalue weighted by Gasteiger charge is -2.07. The molecule has 0 unspecified atom stereocenters. The topological polar surface area (TPSA) is 107 Å². The number of amides is 1. The highest BCUT2D eigenvalue weighted by atomic mass is 16.1. The van der Waals surface area contributed by atoms with E-state index in [9.17, 15) is 4.79 Å². The van der Waals surface area contributed by atoms with Crippen LogP contribution in [0.5, 0.6) is 0 Å². The van der Waals surface area contributed by atoms with Crippen LogP contribution in [-0.4, -0.2) is 26.1 Å². The highest BCUT2D eigenvalue weighted by molar-refractivity contribution is 6.05. The van der Waals surface area contributed by atoms with Crippen molar-refractivity contribution in [2.24, 2.45) is 0 Å². The van der Waals surface area contributed by atoms with Crippen molar-refractivity contribution in [3.05, 3.63) is 71.8 Å². The highest BCUT2D eigenvalue weighted by Crippen LogP contribution is 2.28. The quantitative estimate of drug-likeness (QED) is 0.586. The van der Waals surface area contributed by atoms with Gasteiger partial charge in [0, 0.05) is 35.2 Å². The number of nitrogens with zero attached hydrogens (tertiary/aromatic N) is 4. The average Bonchev–Trinajstić information content (AvgIpc) is 3.11. The van der Waals surface area contributed by atoms with Gasteiger partial charge in [-0.1, -0.05) is 0 Å². The van der Waals surface area contributed by atoms with Crippen LogP contribution in [0.15, 0.2) is 55.0 Å². The second kappa shape index (κ2) is 6.69. The van der Waals surface area contributed by atoms with Gasteiger partial charge in [-0.3, -0.25) is 14.9 Å². The third-order valence-electron chi connectivity index (χ3n) is 4.18. The van der Waals surface area contributed by atoms with Gasteiger partial charge in [0.2, 0.25) is 0 Å². The molecule has 0 aliphatic carbocycles. The first-order valence-corrected chi connectivity index (χ1v) is 8.22. The number of aromatic amines is 1. The van der Waals surface area contributed by atoms with Crippen LogP contribution in [0, 0.1) is 18.3 Å². The van der Waals surface area contributed by atoms with E-state index in [1.165, 1.54) is 6.20 Å². The van der Waals surface area contributed by atoms with Gasteiger partial charge in [-0.2, -0.15) is 10.4 Å². The second-order valence-electron chi connectivity index (χ2n) is 6.03. The van der Waals surface area contributed by atoms with Crippen LogP contribution in [0.4, 0.5) is 5.69 Å².